The molecule has 1 amide bonds. The maximum Gasteiger partial charge on any atom is 0.243 e. The highest BCUT2D eigenvalue weighted by atomic mass is 32.2. The molecule has 0 aromatic heterocycles. The Morgan fingerprint density at radius 1 is 0.939 bits per heavy atom. The lowest BCUT2D eigenvalue weighted by molar-refractivity contribution is -0.126. The second-order valence-corrected chi connectivity index (χ2v) is 10.7. The molecular weight excluding hydrogens is 432 g/mol. The van der Waals surface area contributed by atoms with Crippen LogP contribution >= 0.6 is 0 Å². The van der Waals surface area contributed by atoms with Crippen LogP contribution in [0.4, 0.5) is 0 Å². The molecule has 2 atom stereocenters. The van der Waals surface area contributed by atoms with Gasteiger partial charge in [-0.05, 0) is 55.5 Å². The summed E-state index contributed by atoms with van der Waals surface area (Å²) in [5.41, 5.74) is 4.14. The minimum Gasteiger partial charge on any atom is -0.345 e. The zero-order valence-corrected chi connectivity index (χ0v) is 19.9. The van der Waals surface area contributed by atoms with E-state index < -0.39 is 15.9 Å². The monoisotopic (exact) mass is 462 g/mol. The van der Waals surface area contributed by atoms with Crippen LogP contribution in [0.15, 0.2) is 83.8 Å². The molecule has 0 saturated carbocycles. The van der Waals surface area contributed by atoms with E-state index in [-0.39, 0.29) is 23.4 Å². The van der Waals surface area contributed by atoms with E-state index in [4.69, 9.17) is 0 Å². The number of nitrogens with zero attached hydrogens (tertiary/aromatic N) is 1. The van der Waals surface area contributed by atoms with E-state index in [1.807, 2.05) is 68.4 Å². The van der Waals surface area contributed by atoms with Crippen molar-refractivity contribution in [3.8, 4) is 0 Å². The van der Waals surface area contributed by atoms with Crippen LogP contribution in [0, 0.1) is 19.8 Å². The molecule has 3 aromatic rings. The summed E-state index contributed by atoms with van der Waals surface area (Å²) < 4.78 is 27.8. The zero-order chi connectivity index (χ0) is 23.4. The predicted octanol–water partition coefficient (Wildman–Crippen LogP) is 4.61. The van der Waals surface area contributed by atoms with Crippen LogP contribution in [0.1, 0.15) is 41.1 Å². The van der Waals surface area contributed by atoms with Crippen LogP contribution < -0.4 is 5.32 Å². The number of piperidine rings is 1. The first kappa shape index (κ1) is 23.2. The van der Waals surface area contributed by atoms with Gasteiger partial charge < -0.3 is 5.32 Å². The molecule has 0 spiro atoms. The Labute approximate surface area is 196 Å². The molecule has 172 valence electrons. The minimum absolute atomic E-state index is 0.115. The highest BCUT2D eigenvalue weighted by Gasteiger charge is 2.34. The number of hydrogen-bond acceptors (Lipinski definition) is 3. The van der Waals surface area contributed by atoms with Gasteiger partial charge in [-0.3, -0.25) is 4.79 Å². The van der Waals surface area contributed by atoms with E-state index in [1.165, 1.54) is 4.31 Å². The van der Waals surface area contributed by atoms with Crippen molar-refractivity contribution >= 4 is 15.9 Å². The van der Waals surface area contributed by atoms with Crippen molar-refractivity contribution in [3.63, 3.8) is 0 Å². The average Bonchev–Trinajstić information content (AvgIpc) is 2.84. The second kappa shape index (κ2) is 9.89. The van der Waals surface area contributed by atoms with Gasteiger partial charge >= 0.3 is 0 Å². The summed E-state index contributed by atoms with van der Waals surface area (Å²) in [6.45, 7) is 4.58. The summed E-state index contributed by atoms with van der Waals surface area (Å²) >= 11 is 0. The SMILES string of the molecule is Cc1ccc(S(=O)(=O)N2CCC[C@H](C(=O)N[C@H](c3ccccc3)c3ccccc3C)C2)cc1. The molecule has 0 unspecified atom stereocenters. The maximum atomic E-state index is 13.4. The van der Waals surface area contributed by atoms with Gasteiger partial charge in [0.05, 0.1) is 16.9 Å². The van der Waals surface area contributed by atoms with Crippen LogP contribution in [0.5, 0.6) is 0 Å². The fourth-order valence-corrected chi connectivity index (χ4v) is 5.91. The average molecular weight is 463 g/mol. The van der Waals surface area contributed by atoms with Crippen molar-refractivity contribution in [3.05, 3.63) is 101 Å². The Hall–Kier alpha value is -2.96. The summed E-state index contributed by atoms with van der Waals surface area (Å²) in [5, 5.41) is 3.22. The molecule has 1 heterocycles. The first-order chi connectivity index (χ1) is 15.9. The lowest BCUT2D eigenvalue weighted by Crippen LogP contribution is -2.46. The third kappa shape index (κ3) is 5.18. The lowest BCUT2D eigenvalue weighted by Gasteiger charge is -2.32. The number of carbonyl (C=O) groups is 1. The summed E-state index contributed by atoms with van der Waals surface area (Å²) in [7, 11) is -3.63. The molecule has 0 aliphatic carbocycles. The standard InChI is InChI=1S/C27H30N2O3S/c1-20-14-16-24(17-15-20)33(31,32)29-18-8-12-23(19-29)27(30)28-26(22-10-4-3-5-11-22)25-13-7-6-9-21(25)2/h3-7,9-11,13-17,23,26H,8,12,18-19H2,1-2H3,(H,28,30)/t23-,26+/m0/s1. The predicted molar refractivity (Wildman–Crippen MR) is 130 cm³/mol. The Kier molecular flexibility index (Phi) is 6.96. The molecule has 1 fully saturated rings. The van der Waals surface area contributed by atoms with Gasteiger partial charge in [-0.25, -0.2) is 8.42 Å². The molecule has 4 rings (SSSR count). The number of amides is 1. The molecule has 0 radical (unpaired) electrons. The molecule has 3 aromatic carbocycles. The zero-order valence-electron chi connectivity index (χ0n) is 19.1. The van der Waals surface area contributed by atoms with E-state index in [9.17, 15) is 13.2 Å². The fourth-order valence-electron chi connectivity index (χ4n) is 4.39. The highest BCUT2D eigenvalue weighted by molar-refractivity contribution is 7.89. The van der Waals surface area contributed by atoms with Gasteiger partial charge in [0.15, 0.2) is 0 Å². The Bertz CT molecular complexity index is 1210. The fraction of sp³-hybridized carbons (Fsp3) is 0.296. The van der Waals surface area contributed by atoms with Crippen LogP contribution in [0.25, 0.3) is 0 Å². The van der Waals surface area contributed by atoms with Crippen molar-refractivity contribution < 1.29 is 13.2 Å². The lowest BCUT2D eigenvalue weighted by atomic mass is 9.93. The van der Waals surface area contributed by atoms with Crippen molar-refractivity contribution in [2.24, 2.45) is 5.92 Å². The number of sulfonamides is 1. The third-order valence-corrected chi connectivity index (χ3v) is 8.21. The smallest absolute Gasteiger partial charge is 0.243 e. The van der Waals surface area contributed by atoms with Gasteiger partial charge in [0.1, 0.15) is 0 Å². The first-order valence-corrected chi connectivity index (χ1v) is 12.8. The van der Waals surface area contributed by atoms with Crippen molar-refractivity contribution in [1.82, 2.24) is 9.62 Å². The van der Waals surface area contributed by atoms with Gasteiger partial charge in [-0.1, -0.05) is 72.3 Å². The minimum atomic E-state index is -3.63. The molecule has 1 N–H and O–H groups in total. The number of rotatable bonds is 6. The van der Waals surface area contributed by atoms with Gasteiger partial charge in [0.25, 0.3) is 0 Å². The van der Waals surface area contributed by atoms with E-state index in [1.54, 1.807) is 24.3 Å². The summed E-state index contributed by atoms with van der Waals surface area (Å²) in [6.07, 6.45) is 1.32. The summed E-state index contributed by atoms with van der Waals surface area (Å²) in [5.74, 6) is -0.509. The number of benzene rings is 3. The van der Waals surface area contributed by atoms with Crippen LogP contribution in [-0.4, -0.2) is 31.7 Å². The molecule has 0 bridgehead atoms. The van der Waals surface area contributed by atoms with E-state index in [0.717, 1.165) is 22.3 Å². The Morgan fingerprint density at radius 2 is 1.61 bits per heavy atom. The third-order valence-electron chi connectivity index (χ3n) is 6.33. The first-order valence-electron chi connectivity index (χ1n) is 11.3. The summed E-state index contributed by atoms with van der Waals surface area (Å²) in [4.78, 5) is 13.7. The van der Waals surface area contributed by atoms with E-state index in [2.05, 4.69) is 5.32 Å². The number of nitrogens with one attached hydrogen (secondary N) is 1. The molecule has 33 heavy (non-hydrogen) atoms. The van der Waals surface area contributed by atoms with Crippen molar-refractivity contribution in [1.29, 1.82) is 0 Å². The van der Waals surface area contributed by atoms with Gasteiger partial charge in [-0.15, -0.1) is 0 Å². The topological polar surface area (TPSA) is 66.5 Å². The molecule has 1 saturated heterocycles. The summed E-state index contributed by atoms with van der Waals surface area (Å²) in [6, 6.07) is 24.5. The highest BCUT2D eigenvalue weighted by Crippen LogP contribution is 2.28. The normalized spacial score (nSPS) is 17.9. The van der Waals surface area contributed by atoms with Crippen LogP contribution in [-0.2, 0) is 14.8 Å². The Balaban J connectivity index is 1.55. The van der Waals surface area contributed by atoms with Crippen LogP contribution in [0.3, 0.4) is 0 Å². The molecular formula is C27H30N2O3S. The van der Waals surface area contributed by atoms with Gasteiger partial charge in [0, 0.05) is 13.1 Å². The molecule has 1 aliphatic rings. The number of hydrogen-bond donors (Lipinski definition) is 1. The van der Waals surface area contributed by atoms with Gasteiger partial charge in [0.2, 0.25) is 15.9 Å². The molecule has 5 nitrogen and oxygen atoms in total. The maximum absolute atomic E-state index is 13.4. The number of carbonyl (C=O) groups excluding carboxylic acids is 1. The molecule has 1 aliphatic heterocycles. The van der Waals surface area contributed by atoms with Gasteiger partial charge in [-0.2, -0.15) is 4.31 Å². The largest absolute Gasteiger partial charge is 0.345 e. The van der Waals surface area contributed by atoms with E-state index in [0.29, 0.717) is 19.4 Å². The molecule has 6 heteroatoms. The number of aryl methyl sites for hydroxylation is 2. The van der Waals surface area contributed by atoms with Crippen LogP contribution in [0.2, 0.25) is 0 Å². The van der Waals surface area contributed by atoms with Crippen molar-refractivity contribution in [2.75, 3.05) is 13.1 Å². The van der Waals surface area contributed by atoms with Crippen molar-refractivity contribution in [2.45, 2.75) is 37.6 Å². The Morgan fingerprint density at radius 3 is 2.30 bits per heavy atom. The quantitative estimate of drug-likeness (QED) is 0.582. The van der Waals surface area contributed by atoms with E-state index >= 15 is 0 Å². The second-order valence-electron chi connectivity index (χ2n) is 8.72.